The number of aromatic nitrogens is 2. The van der Waals surface area contributed by atoms with Gasteiger partial charge in [0.15, 0.2) is 0 Å². The molecule has 0 bridgehead atoms. The molecule has 86 valence electrons. The van der Waals surface area contributed by atoms with Crippen LogP contribution in [0.5, 0.6) is 0 Å². The summed E-state index contributed by atoms with van der Waals surface area (Å²) < 4.78 is 5.47. The summed E-state index contributed by atoms with van der Waals surface area (Å²) in [6, 6.07) is 0.424. The van der Waals surface area contributed by atoms with Gasteiger partial charge in [-0.3, -0.25) is 0 Å². The van der Waals surface area contributed by atoms with Crippen molar-refractivity contribution in [3.8, 4) is 0 Å². The van der Waals surface area contributed by atoms with E-state index in [1.807, 2.05) is 0 Å². The Kier molecular flexibility index (Phi) is 2.74. The first kappa shape index (κ1) is 10.0. The van der Waals surface area contributed by atoms with Crippen LogP contribution in [0.4, 0.5) is 5.82 Å². The highest BCUT2D eigenvalue weighted by Crippen LogP contribution is 2.26. The highest BCUT2D eigenvalue weighted by atomic mass is 16.5. The lowest BCUT2D eigenvalue weighted by molar-refractivity contribution is 0.0875. The number of rotatable bonds is 2. The van der Waals surface area contributed by atoms with Gasteiger partial charge < -0.3 is 10.1 Å². The van der Waals surface area contributed by atoms with Crippen LogP contribution in [0.1, 0.15) is 30.5 Å². The number of anilines is 1. The molecular weight excluding hydrogens is 202 g/mol. The lowest BCUT2D eigenvalue weighted by Crippen LogP contribution is -2.30. The summed E-state index contributed by atoms with van der Waals surface area (Å²) in [5.74, 6) is 1.04. The van der Waals surface area contributed by atoms with E-state index in [0.29, 0.717) is 6.04 Å². The largest absolute Gasteiger partial charge is 0.379 e. The van der Waals surface area contributed by atoms with Crippen LogP contribution in [-0.4, -0.2) is 29.2 Å². The zero-order valence-corrected chi connectivity index (χ0v) is 9.41. The van der Waals surface area contributed by atoms with E-state index in [0.717, 1.165) is 38.3 Å². The van der Waals surface area contributed by atoms with E-state index < -0.39 is 0 Å². The first-order chi connectivity index (χ1) is 7.93. The Hall–Kier alpha value is -1.16. The Morgan fingerprint density at radius 3 is 3.12 bits per heavy atom. The van der Waals surface area contributed by atoms with Crippen molar-refractivity contribution in [3.63, 3.8) is 0 Å². The van der Waals surface area contributed by atoms with E-state index in [4.69, 9.17) is 4.74 Å². The molecule has 1 aromatic heterocycles. The van der Waals surface area contributed by atoms with Crippen LogP contribution < -0.4 is 5.32 Å². The van der Waals surface area contributed by atoms with Crippen molar-refractivity contribution in [2.75, 3.05) is 18.5 Å². The number of nitrogens with one attached hydrogen (secondary N) is 1. The predicted molar refractivity (Wildman–Crippen MR) is 61.5 cm³/mol. The molecule has 2 heterocycles. The molecular formula is C12H17N3O. The van der Waals surface area contributed by atoms with E-state index in [1.54, 1.807) is 6.33 Å². The summed E-state index contributed by atoms with van der Waals surface area (Å²) in [6.07, 6.45) is 7.43. The Balaban J connectivity index is 1.76. The minimum Gasteiger partial charge on any atom is -0.379 e. The number of nitrogens with zero attached hydrogens (tertiary/aromatic N) is 2. The van der Waals surface area contributed by atoms with E-state index in [1.165, 1.54) is 24.1 Å². The quantitative estimate of drug-likeness (QED) is 0.820. The molecule has 2 aliphatic rings. The van der Waals surface area contributed by atoms with E-state index in [-0.39, 0.29) is 0 Å². The van der Waals surface area contributed by atoms with Crippen molar-refractivity contribution in [3.05, 3.63) is 17.6 Å². The number of ether oxygens (including phenoxy) is 1. The Morgan fingerprint density at radius 1 is 1.25 bits per heavy atom. The maximum atomic E-state index is 5.47. The smallest absolute Gasteiger partial charge is 0.133 e. The fourth-order valence-electron chi connectivity index (χ4n) is 2.53. The zero-order valence-electron chi connectivity index (χ0n) is 9.41. The van der Waals surface area contributed by atoms with Crippen LogP contribution in [-0.2, 0) is 17.6 Å². The Bertz CT molecular complexity index is 375. The molecule has 1 aromatic rings. The lowest BCUT2D eigenvalue weighted by Gasteiger charge is -2.24. The van der Waals surface area contributed by atoms with Crippen molar-refractivity contribution in [2.45, 2.75) is 38.1 Å². The van der Waals surface area contributed by atoms with Crippen LogP contribution in [0, 0.1) is 0 Å². The third-order valence-electron chi connectivity index (χ3n) is 3.38. The molecule has 0 radical (unpaired) electrons. The van der Waals surface area contributed by atoms with Crippen molar-refractivity contribution in [2.24, 2.45) is 0 Å². The summed E-state index contributed by atoms with van der Waals surface area (Å²) in [6.45, 7) is 1.71. The Morgan fingerprint density at radius 2 is 2.25 bits per heavy atom. The zero-order chi connectivity index (χ0) is 10.8. The second-order valence-corrected chi connectivity index (χ2v) is 4.56. The van der Waals surface area contributed by atoms with E-state index in [2.05, 4.69) is 15.3 Å². The highest BCUT2D eigenvalue weighted by molar-refractivity contribution is 5.48. The van der Waals surface area contributed by atoms with Gasteiger partial charge in [0.1, 0.15) is 12.1 Å². The number of hydrogen-bond acceptors (Lipinski definition) is 4. The van der Waals surface area contributed by atoms with Crippen molar-refractivity contribution >= 4 is 5.82 Å². The molecule has 1 unspecified atom stereocenters. The average Bonchev–Trinajstić information content (AvgIpc) is 2.80. The molecule has 16 heavy (non-hydrogen) atoms. The van der Waals surface area contributed by atoms with Gasteiger partial charge >= 0.3 is 0 Å². The topological polar surface area (TPSA) is 47.0 Å². The van der Waals surface area contributed by atoms with Crippen LogP contribution in [0.3, 0.4) is 0 Å². The second-order valence-electron chi connectivity index (χ2n) is 4.56. The minimum absolute atomic E-state index is 0.424. The van der Waals surface area contributed by atoms with Gasteiger partial charge in [-0.25, -0.2) is 9.97 Å². The molecule has 1 fully saturated rings. The van der Waals surface area contributed by atoms with Gasteiger partial charge in [-0.1, -0.05) is 0 Å². The fraction of sp³-hybridized carbons (Fsp3) is 0.667. The van der Waals surface area contributed by atoms with Crippen LogP contribution in [0.15, 0.2) is 6.33 Å². The summed E-state index contributed by atoms with van der Waals surface area (Å²) >= 11 is 0. The van der Waals surface area contributed by atoms with Crippen molar-refractivity contribution in [1.29, 1.82) is 0 Å². The molecule has 0 spiro atoms. The summed E-state index contributed by atoms with van der Waals surface area (Å²) in [5.41, 5.74) is 2.56. The van der Waals surface area contributed by atoms with Gasteiger partial charge in [-0.2, -0.15) is 0 Å². The first-order valence-electron chi connectivity index (χ1n) is 6.10. The molecule has 4 heteroatoms. The number of hydrogen-bond donors (Lipinski definition) is 1. The normalized spacial score (nSPS) is 24.1. The van der Waals surface area contributed by atoms with Crippen LogP contribution >= 0.6 is 0 Å². The molecule has 0 aromatic carbocycles. The number of fused-ring (bicyclic) bond motifs is 1. The van der Waals surface area contributed by atoms with Crippen molar-refractivity contribution in [1.82, 2.24) is 9.97 Å². The molecule has 1 aliphatic heterocycles. The van der Waals surface area contributed by atoms with E-state index in [9.17, 15) is 0 Å². The summed E-state index contributed by atoms with van der Waals surface area (Å²) in [4.78, 5) is 8.70. The molecule has 0 amide bonds. The van der Waals surface area contributed by atoms with Gasteiger partial charge in [0.05, 0.1) is 12.6 Å². The lowest BCUT2D eigenvalue weighted by atomic mass is 10.1. The fourth-order valence-corrected chi connectivity index (χ4v) is 2.53. The molecule has 4 nitrogen and oxygen atoms in total. The predicted octanol–water partition coefficient (Wildman–Crippen LogP) is 1.56. The van der Waals surface area contributed by atoms with Gasteiger partial charge in [0.25, 0.3) is 0 Å². The highest BCUT2D eigenvalue weighted by Gasteiger charge is 2.20. The standard InChI is InChI=1S/C12H17N3O/c1-4-10-11(5-1)13-8-14-12(10)15-9-3-2-6-16-7-9/h8-9H,1-7H2,(H,13,14,15). The van der Waals surface area contributed by atoms with Gasteiger partial charge in [-0.05, 0) is 32.1 Å². The third kappa shape index (κ3) is 1.89. The monoisotopic (exact) mass is 219 g/mol. The minimum atomic E-state index is 0.424. The maximum Gasteiger partial charge on any atom is 0.133 e. The molecule has 1 aliphatic carbocycles. The molecule has 1 atom stereocenters. The second kappa shape index (κ2) is 4.37. The molecule has 3 rings (SSSR count). The summed E-state index contributed by atoms with van der Waals surface area (Å²) in [5, 5.41) is 3.51. The van der Waals surface area contributed by atoms with E-state index >= 15 is 0 Å². The summed E-state index contributed by atoms with van der Waals surface area (Å²) in [7, 11) is 0. The number of aryl methyl sites for hydroxylation is 1. The maximum absolute atomic E-state index is 5.47. The van der Waals surface area contributed by atoms with Crippen LogP contribution in [0.2, 0.25) is 0 Å². The third-order valence-corrected chi connectivity index (χ3v) is 3.38. The van der Waals surface area contributed by atoms with Gasteiger partial charge in [0.2, 0.25) is 0 Å². The average molecular weight is 219 g/mol. The molecule has 1 N–H and O–H groups in total. The molecule has 1 saturated heterocycles. The van der Waals surface area contributed by atoms with Crippen LogP contribution in [0.25, 0.3) is 0 Å². The SMILES string of the molecule is c1nc2c(c(NC3CCCOC3)n1)CCC2. The molecule has 0 saturated carbocycles. The van der Waals surface area contributed by atoms with Gasteiger partial charge in [-0.15, -0.1) is 0 Å². The first-order valence-corrected chi connectivity index (χ1v) is 6.10. The van der Waals surface area contributed by atoms with Crippen molar-refractivity contribution < 1.29 is 4.74 Å². The van der Waals surface area contributed by atoms with Gasteiger partial charge in [0, 0.05) is 17.9 Å². The Labute approximate surface area is 95.4 Å².